The van der Waals surface area contributed by atoms with Crippen LogP contribution < -0.4 is 24.8 Å². The Morgan fingerprint density at radius 2 is 1.31 bits per heavy atom. The molecule has 0 amide bonds. The summed E-state index contributed by atoms with van der Waals surface area (Å²) in [4.78, 5) is 0. The van der Waals surface area contributed by atoms with Crippen molar-refractivity contribution in [3.63, 3.8) is 0 Å². The molecule has 1 heterocycles. The molecule has 0 aliphatic carbocycles. The molecule has 3 aromatic carbocycles. The van der Waals surface area contributed by atoms with E-state index in [4.69, 9.17) is 9.16 Å². The van der Waals surface area contributed by atoms with Crippen molar-refractivity contribution in [1.29, 1.82) is 0 Å². The second-order valence-corrected chi connectivity index (χ2v) is 18.3. The Morgan fingerprint density at radius 1 is 0.781 bits per heavy atom. The molecule has 0 spiro atoms. The van der Waals surface area contributed by atoms with Gasteiger partial charge in [-0.2, -0.15) is 0 Å². The molecule has 0 unspecified atom stereocenters. The number of ether oxygens (including phenoxy) is 1. The van der Waals surface area contributed by atoms with E-state index in [9.17, 15) is 4.57 Å². The molecule has 32 heavy (non-hydrogen) atoms. The molecular weight excluding hydrogens is 431 g/mol. The average Bonchev–Trinajstić information content (AvgIpc) is 3.11. The molecule has 0 saturated heterocycles. The van der Waals surface area contributed by atoms with Crippen molar-refractivity contribution < 1.29 is 13.7 Å². The molecule has 168 valence electrons. The van der Waals surface area contributed by atoms with Crippen molar-refractivity contribution >= 4 is 31.1 Å². The van der Waals surface area contributed by atoms with E-state index < -0.39 is 20.6 Å². The van der Waals surface area contributed by atoms with Crippen molar-refractivity contribution in [2.24, 2.45) is 0 Å². The minimum atomic E-state index is -2.83. The lowest BCUT2D eigenvalue weighted by Crippen LogP contribution is -2.69. The van der Waals surface area contributed by atoms with Gasteiger partial charge in [0.15, 0.2) is 7.14 Å². The molecule has 4 rings (SSSR count). The summed E-state index contributed by atoms with van der Waals surface area (Å²) in [6.45, 7) is 12.9. The normalized spacial score (nSPS) is 18.7. The highest BCUT2D eigenvalue weighted by molar-refractivity contribution is 7.73. The zero-order chi connectivity index (χ0) is 23.2. The number of benzene rings is 3. The van der Waals surface area contributed by atoms with Crippen LogP contribution in [0.2, 0.25) is 5.04 Å². The van der Waals surface area contributed by atoms with E-state index in [0.717, 1.165) is 5.30 Å². The summed E-state index contributed by atoms with van der Waals surface area (Å²) in [6, 6.07) is 26.9. The van der Waals surface area contributed by atoms with Crippen LogP contribution in [0.3, 0.4) is 0 Å². The van der Waals surface area contributed by atoms with Crippen LogP contribution in [0.5, 0.6) is 11.5 Å². The van der Waals surface area contributed by atoms with Gasteiger partial charge >= 0.3 is 8.32 Å². The predicted molar refractivity (Wildman–Crippen MR) is 137 cm³/mol. The van der Waals surface area contributed by atoms with E-state index in [-0.39, 0.29) is 11.4 Å². The quantitative estimate of drug-likeness (QED) is 0.364. The number of fused-ring (bicyclic) bond motifs is 1. The number of hydrogen-bond donors (Lipinski definition) is 0. The van der Waals surface area contributed by atoms with Gasteiger partial charge in [0, 0.05) is 5.16 Å². The van der Waals surface area contributed by atoms with Gasteiger partial charge in [0.05, 0.1) is 5.30 Å². The van der Waals surface area contributed by atoms with Crippen LogP contribution in [-0.2, 0) is 4.57 Å². The fraction of sp³-hybridized carbons (Fsp3) is 0.333. The van der Waals surface area contributed by atoms with Gasteiger partial charge in [-0.1, -0.05) is 108 Å². The third-order valence-corrected chi connectivity index (χ3v) is 15.2. The number of hydrogen-bond acceptors (Lipinski definition) is 3. The molecule has 3 nitrogen and oxygen atoms in total. The SMILES string of the molecule is CC(C)(C)[Si](Oc1cccc2c1[P@@](=O)(C(C)(C)C)CO2)(c1ccccc1)c1ccccc1. The highest BCUT2D eigenvalue weighted by Gasteiger charge is 2.54. The average molecular weight is 465 g/mol. The van der Waals surface area contributed by atoms with E-state index in [2.05, 4.69) is 69.3 Å². The zero-order valence-corrected chi connectivity index (χ0v) is 21.8. The molecule has 1 atom stereocenters. The molecule has 1 aliphatic heterocycles. The van der Waals surface area contributed by atoms with Gasteiger partial charge in [-0.05, 0) is 27.5 Å². The van der Waals surface area contributed by atoms with Gasteiger partial charge in [-0.3, -0.25) is 0 Å². The Kier molecular flexibility index (Phi) is 5.67. The molecule has 0 radical (unpaired) electrons. The molecule has 0 N–H and O–H groups in total. The molecule has 5 heteroatoms. The Hall–Kier alpha value is -2.29. The summed E-state index contributed by atoms with van der Waals surface area (Å²) in [6.07, 6.45) is 0.229. The minimum Gasteiger partial charge on any atom is -0.533 e. The van der Waals surface area contributed by atoms with E-state index in [1.807, 2.05) is 51.1 Å². The van der Waals surface area contributed by atoms with Crippen molar-refractivity contribution in [2.45, 2.75) is 51.7 Å². The lowest BCUT2D eigenvalue weighted by atomic mass is 10.2. The standard InChI is InChI=1S/C27H33O3PSi/c1-26(2,3)31(28)20-29-23-18-13-19-24(25(23)31)30-32(27(4,5)6,21-14-9-7-10-15-21)22-16-11-8-12-17-22/h7-19H,20H2,1-6H3/t31-/m1/s1. The van der Waals surface area contributed by atoms with Crippen molar-refractivity contribution in [1.82, 2.24) is 0 Å². The van der Waals surface area contributed by atoms with Gasteiger partial charge in [-0.15, -0.1) is 0 Å². The monoisotopic (exact) mass is 464 g/mol. The Labute approximate surface area is 193 Å². The highest BCUT2D eigenvalue weighted by Crippen LogP contribution is 2.63. The third kappa shape index (κ3) is 3.54. The van der Waals surface area contributed by atoms with E-state index >= 15 is 0 Å². The Bertz CT molecular complexity index is 1110. The van der Waals surface area contributed by atoms with Gasteiger partial charge in [0.2, 0.25) is 0 Å². The second kappa shape index (κ2) is 7.93. The largest absolute Gasteiger partial charge is 0.533 e. The minimum absolute atomic E-state index is 0.177. The summed E-state index contributed by atoms with van der Waals surface area (Å²) < 4.78 is 27.5. The van der Waals surface area contributed by atoms with Crippen LogP contribution in [0, 0.1) is 0 Å². The van der Waals surface area contributed by atoms with E-state index in [1.54, 1.807) is 0 Å². The van der Waals surface area contributed by atoms with Gasteiger partial charge in [-0.25, -0.2) is 0 Å². The second-order valence-electron chi connectivity index (χ2n) is 10.6. The summed E-state index contributed by atoms with van der Waals surface area (Å²) in [5.41, 5.74) is 0. The van der Waals surface area contributed by atoms with E-state index in [0.29, 0.717) is 11.5 Å². The Morgan fingerprint density at radius 3 is 1.78 bits per heavy atom. The maximum absolute atomic E-state index is 14.3. The first kappa shape index (κ1) is 22.9. The van der Waals surface area contributed by atoms with Crippen LogP contribution in [0.1, 0.15) is 41.5 Å². The smallest absolute Gasteiger partial charge is 0.319 e. The molecule has 0 bridgehead atoms. The molecule has 1 aliphatic rings. The maximum Gasteiger partial charge on any atom is 0.319 e. The molecular formula is C27H33O3PSi. The van der Waals surface area contributed by atoms with Crippen LogP contribution >= 0.6 is 7.14 Å². The summed E-state index contributed by atoms with van der Waals surface area (Å²) >= 11 is 0. The third-order valence-electron chi connectivity index (χ3n) is 6.49. The molecule has 0 saturated carbocycles. The van der Waals surface area contributed by atoms with Crippen LogP contribution in [0.15, 0.2) is 78.9 Å². The predicted octanol–water partition coefficient (Wildman–Crippen LogP) is 5.76. The van der Waals surface area contributed by atoms with Gasteiger partial charge < -0.3 is 13.7 Å². The fourth-order valence-electron chi connectivity index (χ4n) is 4.63. The fourth-order valence-corrected chi connectivity index (χ4v) is 11.6. The van der Waals surface area contributed by atoms with Crippen molar-refractivity contribution in [3.05, 3.63) is 78.9 Å². The zero-order valence-electron chi connectivity index (χ0n) is 19.9. The van der Waals surface area contributed by atoms with Crippen LogP contribution in [-0.4, -0.2) is 19.8 Å². The topological polar surface area (TPSA) is 35.5 Å². The van der Waals surface area contributed by atoms with Crippen LogP contribution in [0.4, 0.5) is 0 Å². The molecule has 3 aromatic rings. The van der Waals surface area contributed by atoms with E-state index in [1.165, 1.54) is 10.4 Å². The van der Waals surface area contributed by atoms with Crippen LogP contribution in [0.25, 0.3) is 0 Å². The van der Waals surface area contributed by atoms with Gasteiger partial charge in [0.1, 0.15) is 17.8 Å². The maximum atomic E-state index is 14.3. The molecule has 0 fully saturated rings. The lowest BCUT2D eigenvalue weighted by molar-refractivity contribution is 0.389. The summed E-state index contributed by atoms with van der Waals surface area (Å²) in [7, 11) is -5.66. The first-order chi connectivity index (χ1) is 15.0. The molecule has 0 aromatic heterocycles. The summed E-state index contributed by atoms with van der Waals surface area (Å²) in [5.74, 6) is 1.39. The summed E-state index contributed by atoms with van der Waals surface area (Å²) in [5, 5.41) is 2.56. The van der Waals surface area contributed by atoms with Gasteiger partial charge in [0.25, 0.3) is 0 Å². The number of rotatable bonds is 4. The Balaban J connectivity index is 2.00. The lowest BCUT2D eigenvalue weighted by Gasteiger charge is -2.43. The first-order valence-corrected chi connectivity index (χ1v) is 15.0. The van der Waals surface area contributed by atoms with Crippen molar-refractivity contribution in [3.8, 4) is 11.5 Å². The highest BCUT2D eigenvalue weighted by atomic mass is 31.2. The first-order valence-electron chi connectivity index (χ1n) is 11.2. The van der Waals surface area contributed by atoms with Crippen molar-refractivity contribution in [2.75, 3.05) is 6.35 Å².